The van der Waals surface area contributed by atoms with Gasteiger partial charge in [0.2, 0.25) is 0 Å². The highest BCUT2D eigenvalue weighted by atomic mass is 16.6. The number of hydrogen-bond acceptors (Lipinski definition) is 4. The van der Waals surface area contributed by atoms with Crippen LogP contribution in [0.25, 0.3) is 0 Å². The van der Waals surface area contributed by atoms with Crippen molar-refractivity contribution in [3.63, 3.8) is 0 Å². The molecular weight excluding hydrogens is 239 g/mol. The van der Waals surface area contributed by atoms with Gasteiger partial charge in [0.1, 0.15) is 11.5 Å². The van der Waals surface area contributed by atoms with Crippen molar-refractivity contribution in [3.05, 3.63) is 59.7 Å². The van der Waals surface area contributed by atoms with E-state index >= 15 is 0 Å². The van der Waals surface area contributed by atoms with E-state index in [4.69, 9.17) is 19.8 Å². The highest BCUT2D eigenvalue weighted by Gasteiger charge is 2.03. The van der Waals surface area contributed by atoms with Gasteiger partial charge >= 0.3 is 7.69 Å². The van der Waals surface area contributed by atoms with Crippen molar-refractivity contribution in [3.8, 4) is 23.6 Å². The van der Waals surface area contributed by atoms with Crippen LogP contribution in [0.5, 0.6) is 11.5 Å². The first-order valence-electron chi connectivity index (χ1n) is 5.47. The predicted molar refractivity (Wildman–Crippen MR) is 69.3 cm³/mol. The lowest BCUT2D eigenvalue weighted by atomic mass is 10.2. The molecule has 2 aromatic rings. The van der Waals surface area contributed by atoms with Gasteiger partial charge in [0, 0.05) is 0 Å². The summed E-state index contributed by atoms with van der Waals surface area (Å²) in [4.78, 5) is 0. The highest BCUT2D eigenvalue weighted by Crippen LogP contribution is 2.14. The fourth-order valence-corrected chi connectivity index (χ4v) is 1.41. The van der Waals surface area contributed by atoms with Gasteiger partial charge in [0.05, 0.1) is 23.3 Å². The van der Waals surface area contributed by atoms with Gasteiger partial charge < -0.3 is 9.31 Å². The molecule has 0 fully saturated rings. The van der Waals surface area contributed by atoms with Crippen LogP contribution in [0.3, 0.4) is 0 Å². The zero-order valence-electron chi connectivity index (χ0n) is 9.91. The second kappa shape index (κ2) is 6.14. The molecule has 0 saturated heterocycles. The Morgan fingerprint density at radius 1 is 0.789 bits per heavy atom. The lowest BCUT2D eigenvalue weighted by Crippen LogP contribution is -2.10. The number of nitriles is 2. The molecule has 2 rings (SSSR count). The van der Waals surface area contributed by atoms with Crippen LogP contribution in [0.2, 0.25) is 0 Å². The summed E-state index contributed by atoms with van der Waals surface area (Å²) in [5, 5.41) is 17.5. The molecule has 0 bridgehead atoms. The molecule has 19 heavy (non-hydrogen) atoms. The topological polar surface area (TPSA) is 66.0 Å². The van der Waals surface area contributed by atoms with Gasteiger partial charge in [-0.3, -0.25) is 0 Å². The minimum atomic E-state index is 0.510. The van der Waals surface area contributed by atoms with Crippen molar-refractivity contribution in [2.75, 3.05) is 0 Å². The minimum absolute atomic E-state index is 0.510. The fourth-order valence-electron chi connectivity index (χ4n) is 1.41. The Morgan fingerprint density at radius 3 is 1.68 bits per heavy atom. The van der Waals surface area contributed by atoms with Crippen LogP contribution in [0.1, 0.15) is 11.1 Å². The third kappa shape index (κ3) is 3.52. The third-order valence-corrected chi connectivity index (χ3v) is 2.29. The van der Waals surface area contributed by atoms with Crippen molar-refractivity contribution in [2.24, 2.45) is 0 Å². The van der Waals surface area contributed by atoms with E-state index in [-0.39, 0.29) is 0 Å². The SMILES string of the molecule is N#Cc1cccc(O[B]Oc2cccc(C#N)c2)c1. The first-order chi connectivity index (χ1) is 9.31. The molecule has 0 aromatic heterocycles. The van der Waals surface area contributed by atoms with E-state index in [1.54, 1.807) is 48.5 Å². The first kappa shape index (κ1) is 12.5. The summed E-state index contributed by atoms with van der Waals surface area (Å²) in [5.74, 6) is 1.02. The summed E-state index contributed by atoms with van der Waals surface area (Å²) in [6.07, 6.45) is 0. The molecule has 0 aliphatic rings. The number of hydrogen-bond donors (Lipinski definition) is 0. The van der Waals surface area contributed by atoms with Crippen molar-refractivity contribution < 1.29 is 9.31 Å². The second-order valence-corrected chi connectivity index (χ2v) is 3.61. The number of rotatable bonds is 4. The Balaban J connectivity index is 1.93. The molecule has 0 saturated carbocycles. The maximum atomic E-state index is 8.75. The third-order valence-electron chi connectivity index (χ3n) is 2.29. The molecule has 1 radical (unpaired) electrons. The molecule has 0 atom stereocenters. The number of nitrogens with zero attached hydrogens (tertiary/aromatic N) is 2. The Labute approximate surface area is 111 Å². The van der Waals surface area contributed by atoms with Crippen LogP contribution >= 0.6 is 0 Å². The van der Waals surface area contributed by atoms with Crippen molar-refractivity contribution in [2.45, 2.75) is 0 Å². The van der Waals surface area contributed by atoms with Crippen LogP contribution < -0.4 is 9.31 Å². The Morgan fingerprint density at radius 2 is 1.26 bits per heavy atom. The van der Waals surface area contributed by atoms with E-state index in [2.05, 4.69) is 0 Å². The average Bonchev–Trinajstić information content (AvgIpc) is 2.48. The highest BCUT2D eigenvalue weighted by molar-refractivity contribution is 6.20. The summed E-state index contributed by atoms with van der Waals surface area (Å²) in [7, 11) is 1.16. The Bertz CT molecular complexity index is 601. The first-order valence-corrected chi connectivity index (χ1v) is 5.47. The molecule has 0 aliphatic carbocycles. The zero-order chi connectivity index (χ0) is 13.5. The molecule has 0 N–H and O–H groups in total. The molecule has 0 amide bonds. The normalized spacial score (nSPS) is 8.95. The van der Waals surface area contributed by atoms with Crippen LogP contribution in [-0.4, -0.2) is 7.69 Å². The quantitative estimate of drug-likeness (QED) is 0.778. The molecular formula is C14H8BN2O2. The molecule has 89 valence electrons. The van der Waals surface area contributed by atoms with E-state index in [0.29, 0.717) is 22.6 Å². The Hall–Kier alpha value is -2.92. The molecule has 2 aromatic carbocycles. The molecule has 0 aliphatic heterocycles. The zero-order valence-corrected chi connectivity index (χ0v) is 9.91. The van der Waals surface area contributed by atoms with Crippen LogP contribution in [0.4, 0.5) is 0 Å². The minimum Gasteiger partial charge on any atom is -0.526 e. The van der Waals surface area contributed by atoms with Crippen molar-refractivity contribution in [1.82, 2.24) is 0 Å². The van der Waals surface area contributed by atoms with Gasteiger partial charge in [-0.1, -0.05) is 12.1 Å². The van der Waals surface area contributed by atoms with Gasteiger partial charge in [0.25, 0.3) is 0 Å². The molecule has 0 unspecified atom stereocenters. The second-order valence-electron chi connectivity index (χ2n) is 3.61. The van der Waals surface area contributed by atoms with E-state index in [1.807, 2.05) is 12.1 Å². The van der Waals surface area contributed by atoms with E-state index in [9.17, 15) is 0 Å². The summed E-state index contributed by atoms with van der Waals surface area (Å²) in [6.45, 7) is 0. The van der Waals surface area contributed by atoms with Gasteiger partial charge in [-0.15, -0.1) is 0 Å². The summed E-state index contributed by atoms with van der Waals surface area (Å²) in [6, 6.07) is 17.5. The standard InChI is InChI=1S/C14H8BN2O2/c16-9-11-3-1-5-13(7-11)18-15-19-14-6-2-4-12(8-14)10-17/h1-8H. The van der Waals surface area contributed by atoms with Crippen LogP contribution in [0, 0.1) is 22.7 Å². The van der Waals surface area contributed by atoms with Gasteiger partial charge in [-0.05, 0) is 36.4 Å². The molecule has 5 heteroatoms. The maximum absolute atomic E-state index is 8.75. The molecule has 0 heterocycles. The summed E-state index contributed by atoms with van der Waals surface area (Å²) >= 11 is 0. The fraction of sp³-hybridized carbons (Fsp3) is 0. The van der Waals surface area contributed by atoms with Crippen LogP contribution in [-0.2, 0) is 0 Å². The Kier molecular flexibility index (Phi) is 4.05. The van der Waals surface area contributed by atoms with E-state index in [0.717, 1.165) is 7.69 Å². The van der Waals surface area contributed by atoms with Gasteiger partial charge in [0.15, 0.2) is 0 Å². The lowest BCUT2D eigenvalue weighted by molar-refractivity contribution is 0.459. The van der Waals surface area contributed by atoms with Crippen LogP contribution in [0.15, 0.2) is 48.5 Å². The van der Waals surface area contributed by atoms with Gasteiger partial charge in [-0.2, -0.15) is 10.5 Å². The summed E-state index contributed by atoms with van der Waals surface area (Å²) in [5.41, 5.74) is 1.02. The monoisotopic (exact) mass is 247 g/mol. The smallest absolute Gasteiger partial charge is 0.526 e. The molecule has 0 spiro atoms. The summed E-state index contributed by atoms with van der Waals surface area (Å²) < 4.78 is 10.5. The van der Waals surface area contributed by atoms with Crippen molar-refractivity contribution >= 4 is 7.69 Å². The molecule has 4 nitrogen and oxygen atoms in total. The van der Waals surface area contributed by atoms with E-state index < -0.39 is 0 Å². The number of benzene rings is 2. The average molecular weight is 247 g/mol. The largest absolute Gasteiger partial charge is 0.658 e. The predicted octanol–water partition coefficient (Wildman–Crippen LogP) is 2.42. The van der Waals surface area contributed by atoms with Gasteiger partial charge in [-0.25, -0.2) is 0 Å². The van der Waals surface area contributed by atoms with Crippen molar-refractivity contribution in [1.29, 1.82) is 10.5 Å². The maximum Gasteiger partial charge on any atom is 0.658 e. The lowest BCUT2D eigenvalue weighted by Gasteiger charge is -2.06. The van der Waals surface area contributed by atoms with E-state index in [1.165, 1.54) is 0 Å².